The van der Waals surface area contributed by atoms with E-state index in [1.165, 1.54) is 6.20 Å². The molecule has 0 radical (unpaired) electrons. The maximum absolute atomic E-state index is 13.4. The third kappa shape index (κ3) is 2.03. The fourth-order valence-corrected chi connectivity index (χ4v) is 2.60. The smallest absolute Gasteiger partial charge is 0.158 e. The Morgan fingerprint density at radius 3 is 2.94 bits per heavy atom. The number of aromatic amines is 1. The van der Waals surface area contributed by atoms with Gasteiger partial charge in [-0.15, -0.1) is 0 Å². The first-order chi connectivity index (χ1) is 8.25. The minimum atomic E-state index is -0.317. The minimum absolute atomic E-state index is 0.317. The van der Waals surface area contributed by atoms with Gasteiger partial charge in [0.05, 0.1) is 9.77 Å². The van der Waals surface area contributed by atoms with Crippen LogP contribution in [-0.4, -0.2) is 28.2 Å². The standard InChI is InChI=1S/C11H11FIN3O/c12-7-5-14-11-9(8(7)13)15-10(16-11)6-1-3-17-4-2-6/h5-6H,1-4H2,(H,14,15,16). The highest BCUT2D eigenvalue weighted by Crippen LogP contribution is 2.27. The number of H-pyrrole nitrogens is 1. The largest absolute Gasteiger partial charge is 0.381 e. The van der Waals surface area contributed by atoms with Crippen LogP contribution in [0, 0.1) is 9.39 Å². The highest BCUT2D eigenvalue weighted by molar-refractivity contribution is 14.1. The molecule has 1 saturated heterocycles. The lowest BCUT2D eigenvalue weighted by molar-refractivity contribution is 0.0838. The number of aromatic nitrogens is 3. The molecule has 0 aromatic carbocycles. The summed E-state index contributed by atoms with van der Waals surface area (Å²) in [5, 5.41) is 0. The maximum atomic E-state index is 13.4. The minimum Gasteiger partial charge on any atom is -0.381 e. The highest BCUT2D eigenvalue weighted by Gasteiger charge is 2.20. The van der Waals surface area contributed by atoms with Crippen molar-refractivity contribution in [2.45, 2.75) is 18.8 Å². The topological polar surface area (TPSA) is 50.8 Å². The lowest BCUT2D eigenvalue weighted by Gasteiger charge is -2.19. The molecule has 4 nitrogen and oxygen atoms in total. The second kappa shape index (κ2) is 4.49. The summed E-state index contributed by atoms with van der Waals surface area (Å²) < 4.78 is 19.2. The van der Waals surface area contributed by atoms with E-state index in [1.807, 2.05) is 22.6 Å². The average molecular weight is 347 g/mol. The van der Waals surface area contributed by atoms with Crippen LogP contribution < -0.4 is 0 Å². The number of hydrogen-bond acceptors (Lipinski definition) is 3. The molecule has 6 heteroatoms. The molecule has 2 aromatic heterocycles. The molecule has 2 aromatic rings. The number of pyridine rings is 1. The van der Waals surface area contributed by atoms with Gasteiger partial charge in [-0.1, -0.05) is 0 Å². The Morgan fingerprint density at radius 1 is 1.41 bits per heavy atom. The van der Waals surface area contributed by atoms with E-state index >= 15 is 0 Å². The van der Waals surface area contributed by atoms with E-state index in [0.29, 0.717) is 20.7 Å². The van der Waals surface area contributed by atoms with E-state index < -0.39 is 0 Å². The van der Waals surface area contributed by atoms with Crippen LogP contribution in [0.3, 0.4) is 0 Å². The van der Waals surface area contributed by atoms with E-state index in [2.05, 4.69) is 15.0 Å². The van der Waals surface area contributed by atoms with Crippen molar-refractivity contribution in [3.8, 4) is 0 Å². The van der Waals surface area contributed by atoms with Crippen LogP contribution in [0.25, 0.3) is 11.2 Å². The lowest BCUT2D eigenvalue weighted by atomic mass is 10.00. The summed E-state index contributed by atoms with van der Waals surface area (Å²) in [5.74, 6) is 0.958. The number of hydrogen-bond donors (Lipinski definition) is 1. The second-order valence-corrected chi connectivity index (χ2v) is 5.20. The number of nitrogens with one attached hydrogen (secondary N) is 1. The van der Waals surface area contributed by atoms with Gasteiger partial charge >= 0.3 is 0 Å². The van der Waals surface area contributed by atoms with Crippen LogP contribution in [0.15, 0.2) is 6.20 Å². The van der Waals surface area contributed by atoms with Crippen molar-refractivity contribution in [1.82, 2.24) is 15.0 Å². The van der Waals surface area contributed by atoms with Crippen molar-refractivity contribution in [1.29, 1.82) is 0 Å². The van der Waals surface area contributed by atoms with Crippen LogP contribution in [0.2, 0.25) is 0 Å². The van der Waals surface area contributed by atoms with Gasteiger partial charge in [0.1, 0.15) is 11.3 Å². The third-order valence-electron chi connectivity index (χ3n) is 3.04. The predicted molar refractivity (Wildman–Crippen MR) is 69.4 cm³/mol. The summed E-state index contributed by atoms with van der Waals surface area (Å²) in [6, 6.07) is 0. The molecule has 0 saturated carbocycles. The summed E-state index contributed by atoms with van der Waals surface area (Å²) in [6.07, 6.45) is 3.15. The monoisotopic (exact) mass is 347 g/mol. The molecule has 0 spiro atoms. The Bertz CT molecular complexity index is 551. The van der Waals surface area contributed by atoms with Gasteiger partial charge < -0.3 is 9.72 Å². The van der Waals surface area contributed by atoms with E-state index in [1.54, 1.807) is 0 Å². The van der Waals surface area contributed by atoms with Gasteiger partial charge in [0.25, 0.3) is 0 Å². The Balaban J connectivity index is 2.04. The summed E-state index contributed by atoms with van der Waals surface area (Å²) in [6.45, 7) is 1.53. The van der Waals surface area contributed by atoms with Crippen molar-refractivity contribution >= 4 is 33.8 Å². The van der Waals surface area contributed by atoms with E-state index in [4.69, 9.17) is 4.74 Å². The Labute approximate surface area is 111 Å². The first-order valence-corrected chi connectivity index (χ1v) is 6.61. The van der Waals surface area contributed by atoms with Crippen molar-refractivity contribution in [3.63, 3.8) is 0 Å². The van der Waals surface area contributed by atoms with Crippen LogP contribution in [0.4, 0.5) is 4.39 Å². The molecular weight excluding hydrogens is 336 g/mol. The Hall–Kier alpha value is -0.760. The summed E-state index contributed by atoms with van der Waals surface area (Å²) in [7, 11) is 0. The van der Waals surface area contributed by atoms with Gasteiger partial charge in [0, 0.05) is 19.1 Å². The first kappa shape index (κ1) is 11.3. The van der Waals surface area contributed by atoms with Crippen molar-refractivity contribution in [3.05, 3.63) is 21.4 Å². The SMILES string of the molecule is Fc1cnc2[nH]c(C3CCOCC3)nc2c1I. The quantitative estimate of drug-likeness (QED) is 0.807. The fraction of sp³-hybridized carbons (Fsp3) is 0.455. The van der Waals surface area contributed by atoms with E-state index in [-0.39, 0.29) is 5.82 Å². The molecule has 0 amide bonds. The zero-order valence-corrected chi connectivity index (χ0v) is 11.2. The van der Waals surface area contributed by atoms with Crippen LogP contribution in [0.1, 0.15) is 24.6 Å². The first-order valence-electron chi connectivity index (χ1n) is 5.53. The van der Waals surface area contributed by atoms with Gasteiger partial charge in [0.2, 0.25) is 0 Å². The van der Waals surface area contributed by atoms with Crippen LogP contribution in [0.5, 0.6) is 0 Å². The number of halogens is 2. The number of imidazole rings is 1. The molecule has 1 aliphatic heterocycles. The summed E-state index contributed by atoms with van der Waals surface area (Å²) in [4.78, 5) is 11.7. The fourth-order valence-electron chi connectivity index (χ4n) is 2.08. The van der Waals surface area contributed by atoms with Crippen LogP contribution in [-0.2, 0) is 4.74 Å². The summed E-state index contributed by atoms with van der Waals surface area (Å²) in [5.41, 5.74) is 1.30. The van der Waals surface area contributed by atoms with Gasteiger partial charge in [-0.3, -0.25) is 0 Å². The van der Waals surface area contributed by atoms with Crippen LogP contribution >= 0.6 is 22.6 Å². The molecule has 3 heterocycles. The van der Waals surface area contributed by atoms with E-state index in [9.17, 15) is 4.39 Å². The lowest BCUT2D eigenvalue weighted by Crippen LogP contribution is -2.15. The molecule has 0 aliphatic carbocycles. The normalized spacial score (nSPS) is 17.8. The Morgan fingerprint density at radius 2 is 2.18 bits per heavy atom. The zero-order valence-electron chi connectivity index (χ0n) is 9.04. The molecule has 1 aliphatic rings. The average Bonchev–Trinajstić information content (AvgIpc) is 2.80. The number of fused-ring (bicyclic) bond motifs is 1. The third-order valence-corrected chi connectivity index (χ3v) is 4.06. The van der Waals surface area contributed by atoms with Gasteiger partial charge in [-0.05, 0) is 35.4 Å². The maximum Gasteiger partial charge on any atom is 0.158 e. The number of nitrogens with zero attached hydrogens (tertiary/aromatic N) is 2. The van der Waals surface area contributed by atoms with Gasteiger partial charge in [0.15, 0.2) is 11.5 Å². The molecule has 90 valence electrons. The molecule has 0 bridgehead atoms. The Kier molecular flexibility index (Phi) is 2.99. The van der Waals surface area contributed by atoms with Gasteiger partial charge in [-0.2, -0.15) is 0 Å². The molecular formula is C11H11FIN3O. The highest BCUT2D eigenvalue weighted by atomic mass is 127. The molecule has 17 heavy (non-hydrogen) atoms. The summed E-state index contributed by atoms with van der Waals surface area (Å²) >= 11 is 1.96. The van der Waals surface area contributed by atoms with Crippen molar-refractivity contribution in [2.75, 3.05) is 13.2 Å². The van der Waals surface area contributed by atoms with Gasteiger partial charge in [-0.25, -0.2) is 14.4 Å². The van der Waals surface area contributed by atoms with Crippen molar-refractivity contribution < 1.29 is 9.13 Å². The molecule has 3 rings (SSSR count). The molecule has 1 fully saturated rings. The molecule has 1 N–H and O–H groups in total. The number of ether oxygens (including phenoxy) is 1. The predicted octanol–water partition coefficient (Wildman–Crippen LogP) is 2.60. The molecule has 0 unspecified atom stereocenters. The molecule has 0 atom stereocenters. The second-order valence-electron chi connectivity index (χ2n) is 4.13. The zero-order chi connectivity index (χ0) is 11.8. The van der Waals surface area contributed by atoms with Crippen molar-refractivity contribution in [2.24, 2.45) is 0 Å². The van der Waals surface area contributed by atoms with E-state index in [0.717, 1.165) is 31.9 Å². The number of rotatable bonds is 1.